The summed E-state index contributed by atoms with van der Waals surface area (Å²) >= 11 is 0. The number of para-hydroxylation sites is 1. The van der Waals surface area contributed by atoms with Crippen LogP contribution in [0, 0.1) is 0 Å². The zero-order chi connectivity index (χ0) is 20.3. The summed E-state index contributed by atoms with van der Waals surface area (Å²) in [5.41, 5.74) is 0.942. The third-order valence-corrected chi connectivity index (χ3v) is 5.19. The highest BCUT2D eigenvalue weighted by Gasteiger charge is 2.24. The molecule has 0 saturated heterocycles. The molecule has 0 amide bonds. The number of rotatable bonds is 5. The van der Waals surface area contributed by atoms with Crippen molar-refractivity contribution in [1.29, 1.82) is 0 Å². The number of nitrogens with zero attached hydrogens (tertiary/aromatic N) is 1. The topological polar surface area (TPSA) is 100 Å². The Labute approximate surface area is 168 Å². The number of hydrogen-bond donors (Lipinski definition) is 1. The normalized spacial score (nSPS) is 16.0. The lowest BCUT2D eigenvalue weighted by atomic mass is 10.1. The van der Waals surface area contributed by atoms with Crippen LogP contribution in [0.2, 0.25) is 0 Å². The predicted molar refractivity (Wildman–Crippen MR) is 107 cm³/mol. The Morgan fingerprint density at radius 1 is 0.828 bits per heavy atom. The zero-order valence-electron chi connectivity index (χ0n) is 15.3. The third-order valence-electron chi connectivity index (χ3n) is 4.26. The van der Waals surface area contributed by atoms with Crippen LogP contribution >= 0.6 is 0 Å². The minimum absolute atomic E-state index is 0.0187. The van der Waals surface area contributed by atoms with Gasteiger partial charge < -0.3 is 14.3 Å². The molecule has 1 aliphatic rings. The van der Waals surface area contributed by atoms with Crippen molar-refractivity contribution in [3.05, 3.63) is 84.4 Å². The van der Waals surface area contributed by atoms with Crippen molar-refractivity contribution in [2.24, 2.45) is 10.3 Å². The van der Waals surface area contributed by atoms with Crippen LogP contribution < -0.4 is 14.6 Å². The van der Waals surface area contributed by atoms with Crippen molar-refractivity contribution < 1.29 is 22.7 Å². The fraction of sp³-hybridized carbons (Fsp3) is 0.0952. The van der Waals surface area contributed by atoms with Gasteiger partial charge in [-0.15, -0.1) is 0 Å². The minimum atomic E-state index is -3.74. The van der Waals surface area contributed by atoms with Gasteiger partial charge in [0.15, 0.2) is 6.10 Å². The van der Waals surface area contributed by atoms with Gasteiger partial charge in [-0.05, 0) is 54.1 Å². The molecule has 0 aromatic heterocycles. The summed E-state index contributed by atoms with van der Waals surface area (Å²) in [5, 5.41) is 9.06. The van der Waals surface area contributed by atoms with E-state index in [1.807, 2.05) is 54.6 Å². The molecule has 4 rings (SSSR count). The van der Waals surface area contributed by atoms with Gasteiger partial charge in [0.1, 0.15) is 17.2 Å². The molecule has 1 heterocycles. The van der Waals surface area contributed by atoms with Gasteiger partial charge >= 0.3 is 0 Å². The molecule has 8 heteroatoms. The van der Waals surface area contributed by atoms with Crippen molar-refractivity contribution in [3.63, 3.8) is 0 Å². The van der Waals surface area contributed by atoms with E-state index in [0.717, 1.165) is 17.1 Å². The van der Waals surface area contributed by atoms with Crippen LogP contribution in [0.15, 0.2) is 88.9 Å². The molecule has 3 aromatic rings. The van der Waals surface area contributed by atoms with Crippen molar-refractivity contribution in [3.8, 4) is 17.2 Å². The first-order chi connectivity index (χ1) is 14.0. The molecule has 2 N–H and O–H groups in total. The van der Waals surface area contributed by atoms with Crippen LogP contribution in [-0.2, 0) is 14.9 Å². The van der Waals surface area contributed by atoms with Crippen molar-refractivity contribution in [2.75, 3.05) is 0 Å². The van der Waals surface area contributed by atoms with E-state index in [0.29, 0.717) is 18.1 Å². The molecule has 148 valence electrons. The molecule has 0 aliphatic carbocycles. The van der Waals surface area contributed by atoms with Crippen molar-refractivity contribution in [1.82, 2.24) is 0 Å². The summed E-state index contributed by atoms with van der Waals surface area (Å²) in [6, 6.07) is 22.9. The molecule has 0 spiro atoms. The Kier molecular flexibility index (Phi) is 5.20. The first kappa shape index (κ1) is 19.0. The van der Waals surface area contributed by atoms with Gasteiger partial charge in [0.25, 0.3) is 0 Å². The second kappa shape index (κ2) is 7.94. The van der Waals surface area contributed by atoms with Gasteiger partial charge in [-0.3, -0.25) is 0 Å². The molecular formula is C21H18N2O5S. The van der Waals surface area contributed by atoms with Crippen LogP contribution in [0.25, 0.3) is 0 Å². The summed E-state index contributed by atoms with van der Waals surface area (Å²) in [6.45, 7) is 0. The van der Waals surface area contributed by atoms with Gasteiger partial charge in [-0.25, -0.2) is 13.6 Å². The summed E-state index contributed by atoms with van der Waals surface area (Å²) in [5.74, 6) is 2.35. The largest absolute Gasteiger partial charge is 0.457 e. The Bertz CT molecular complexity index is 1110. The highest BCUT2D eigenvalue weighted by atomic mass is 32.2. The molecule has 3 aromatic carbocycles. The molecule has 7 nitrogen and oxygen atoms in total. The Balaban J connectivity index is 1.35. The first-order valence-corrected chi connectivity index (χ1v) is 10.4. The highest BCUT2D eigenvalue weighted by molar-refractivity contribution is 7.89. The Hall–Kier alpha value is -3.36. The number of benzene rings is 3. The Morgan fingerprint density at radius 3 is 2.07 bits per heavy atom. The molecule has 1 aliphatic heterocycles. The van der Waals surface area contributed by atoms with E-state index in [4.69, 9.17) is 19.5 Å². The average Bonchev–Trinajstić information content (AvgIpc) is 3.17. The van der Waals surface area contributed by atoms with Crippen molar-refractivity contribution >= 4 is 15.9 Å². The maximum atomic E-state index is 11.3. The molecule has 0 radical (unpaired) electrons. The maximum absolute atomic E-state index is 11.3. The lowest BCUT2D eigenvalue weighted by Gasteiger charge is -2.10. The molecule has 1 atom stereocenters. The van der Waals surface area contributed by atoms with E-state index in [-0.39, 0.29) is 11.0 Å². The van der Waals surface area contributed by atoms with Gasteiger partial charge in [-0.2, -0.15) is 0 Å². The molecule has 0 bridgehead atoms. The minimum Gasteiger partial charge on any atom is -0.457 e. The van der Waals surface area contributed by atoms with Crippen LogP contribution in [0.4, 0.5) is 0 Å². The van der Waals surface area contributed by atoms with Crippen molar-refractivity contribution in [2.45, 2.75) is 17.4 Å². The zero-order valence-corrected chi connectivity index (χ0v) is 16.1. The number of ether oxygens (including phenoxy) is 2. The molecule has 0 saturated carbocycles. The lowest BCUT2D eigenvalue weighted by molar-refractivity contribution is 0.0855. The van der Waals surface area contributed by atoms with Crippen LogP contribution in [0.1, 0.15) is 18.1 Å². The number of nitrogens with two attached hydrogens (primary N) is 1. The summed E-state index contributed by atoms with van der Waals surface area (Å²) < 4.78 is 34.0. The summed E-state index contributed by atoms with van der Waals surface area (Å²) in [4.78, 5) is 5.48. The van der Waals surface area contributed by atoms with Gasteiger partial charge in [0, 0.05) is 0 Å². The second-order valence-electron chi connectivity index (χ2n) is 6.39. The number of hydrogen-bond acceptors (Lipinski definition) is 6. The number of oxime groups is 1. The lowest BCUT2D eigenvalue weighted by Crippen LogP contribution is -2.12. The highest BCUT2D eigenvalue weighted by Crippen LogP contribution is 2.30. The fourth-order valence-corrected chi connectivity index (χ4v) is 3.32. The average molecular weight is 410 g/mol. The van der Waals surface area contributed by atoms with E-state index in [9.17, 15) is 8.42 Å². The van der Waals surface area contributed by atoms with Gasteiger partial charge in [-0.1, -0.05) is 35.5 Å². The standard InChI is InChI=1S/C21H18N2O5S/c22-29(24,25)19-12-10-18(11-13-19)27-21-14-20(28-23-21)15-6-8-17(9-7-15)26-16-4-2-1-3-5-16/h1-13,20H,14H2,(H2,22,24,25)/t20-/m0/s1. The van der Waals surface area contributed by atoms with Crippen LogP contribution in [0.3, 0.4) is 0 Å². The molecular weight excluding hydrogens is 392 g/mol. The summed E-state index contributed by atoms with van der Waals surface area (Å²) in [6.07, 6.45) is 0.190. The van der Waals surface area contributed by atoms with E-state index in [1.54, 1.807) is 0 Å². The van der Waals surface area contributed by atoms with E-state index in [1.165, 1.54) is 24.3 Å². The van der Waals surface area contributed by atoms with E-state index < -0.39 is 10.0 Å². The maximum Gasteiger partial charge on any atom is 0.238 e. The predicted octanol–water partition coefficient (Wildman–Crippen LogP) is 3.98. The second-order valence-corrected chi connectivity index (χ2v) is 7.95. The van der Waals surface area contributed by atoms with Crippen LogP contribution in [0.5, 0.6) is 17.2 Å². The SMILES string of the molecule is NS(=O)(=O)c1ccc(OC2=NO[C@H](c3ccc(Oc4ccccc4)cc3)C2)cc1. The van der Waals surface area contributed by atoms with E-state index >= 15 is 0 Å². The molecule has 0 fully saturated rings. The van der Waals surface area contributed by atoms with Crippen LogP contribution in [-0.4, -0.2) is 14.3 Å². The number of sulfonamides is 1. The fourth-order valence-electron chi connectivity index (χ4n) is 2.80. The smallest absolute Gasteiger partial charge is 0.238 e. The quantitative estimate of drug-likeness (QED) is 0.686. The Morgan fingerprint density at radius 2 is 1.41 bits per heavy atom. The molecule has 29 heavy (non-hydrogen) atoms. The third kappa shape index (κ3) is 4.74. The van der Waals surface area contributed by atoms with E-state index in [2.05, 4.69) is 5.16 Å². The summed E-state index contributed by atoms with van der Waals surface area (Å²) in [7, 11) is -3.74. The molecule has 0 unspecified atom stereocenters. The first-order valence-electron chi connectivity index (χ1n) is 8.84. The number of primary sulfonamides is 1. The monoisotopic (exact) mass is 410 g/mol. The van der Waals surface area contributed by atoms with Gasteiger partial charge in [0.05, 0.1) is 11.3 Å². The van der Waals surface area contributed by atoms with Gasteiger partial charge in [0.2, 0.25) is 15.9 Å².